The van der Waals surface area contributed by atoms with Gasteiger partial charge in [-0.2, -0.15) is 0 Å². The van der Waals surface area contributed by atoms with Crippen molar-refractivity contribution in [2.75, 3.05) is 19.7 Å². The molecule has 2 heterocycles. The Labute approximate surface area is 151 Å². The van der Waals surface area contributed by atoms with Gasteiger partial charge in [0, 0.05) is 32.3 Å². The van der Waals surface area contributed by atoms with E-state index >= 15 is 0 Å². The molecule has 1 aliphatic heterocycles. The molecule has 0 saturated carbocycles. The quantitative estimate of drug-likeness (QED) is 0.834. The summed E-state index contributed by atoms with van der Waals surface area (Å²) in [5.41, 5.74) is 1.77. The lowest BCUT2D eigenvalue weighted by atomic mass is 9.91. The molecule has 26 heavy (non-hydrogen) atoms. The number of hydrogen-bond donors (Lipinski definition) is 1. The molecule has 3 rings (SSSR count). The van der Waals surface area contributed by atoms with Gasteiger partial charge in [0.2, 0.25) is 0 Å². The average molecular weight is 358 g/mol. The molecule has 1 saturated heterocycles. The lowest BCUT2D eigenvalue weighted by Crippen LogP contribution is -2.33. The monoisotopic (exact) mass is 358 g/mol. The van der Waals surface area contributed by atoms with Crippen molar-refractivity contribution in [3.63, 3.8) is 0 Å². The zero-order valence-electron chi connectivity index (χ0n) is 14.8. The first-order valence-corrected chi connectivity index (χ1v) is 8.47. The van der Waals surface area contributed by atoms with Crippen molar-refractivity contribution in [3.05, 3.63) is 41.7 Å². The molecule has 2 aromatic rings. The molecule has 138 valence electrons. The molecule has 8 heteroatoms. The van der Waals surface area contributed by atoms with Crippen molar-refractivity contribution in [2.45, 2.75) is 19.3 Å². The maximum Gasteiger partial charge on any atom is 0.303 e. The van der Waals surface area contributed by atoms with E-state index in [1.807, 2.05) is 25.1 Å². The van der Waals surface area contributed by atoms with Crippen LogP contribution in [0.5, 0.6) is 5.75 Å². The zero-order valence-corrected chi connectivity index (χ0v) is 14.8. The van der Waals surface area contributed by atoms with E-state index in [0.717, 1.165) is 5.56 Å². The number of aliphatic carboxylic acids is 1. The molecule has 1 aliphatic rings. The van der Waals surface area contributed by atoms with Crippen molar-refractivity contribution < 1.29 is 19.4 Å². The molecule has 0 bridgehead atoms. The number of hydrogen-bond acceptors (Lipinski definition) is 5. The molecular weight excluding hydrogens is 336 g/mol. The lowest BCUT2D eigenvalue weighted by molar-refractivity contribution is -0.138. The van der Waals surface area contributed by atoms with Crippen molar-refractivity contribution in [3.8, 4) is 5.75 Å². The number of nitrogens with zero attached hydrogens (tertiary/aromatic N) is 4. The van der Waals surface area contributed by atoms with E-state index in [-0.39, 0.29) is 30.8 Å². The largest absolute Gasteiger partial charge is 0.484 e. The van der Waals surface area contributed by atoms with E-state index in [9.17, 15) is 14.7 Å². The number of carboxylic acid groups (broad SMARTS) is 1. The van der Waals surface area contributed by atoms with Crippen molar-refractivity contribution in [1.29, 1.82) is 0 Å². The summed E-state index contributed by atoms with van der Waals surface area (Å²) in [6, 6.07) is 7.50. The second-order valence-electron chi connectivity index (χ2n) is 6.69. The van der Waals surface area contributed by atoms with Gasteiger partial charge in [0.15, 0.2) is 6.61 Å². The van der Waals surface area contributed by atoms with E-state index in [1.54, 1.807) is 28.9 Å². The van der Waals surface area contributed by atoms with Gasteiger partial charge in [0.05, 0.1) is 12.1 Å². The highest BCUT2D eigenvalue weighted by Crippen LogP contribution is 2.33. The number of carbonyl (C=O) groups excluding carboxylic acids is 1. The predicted molar refractivity (Wildman–Crippen MR) is 92.7 cm³/mol. The summed E-state index contributed by atoms with van der Waals surface area (Å²) in [6.45, 7) is 2.68. The fraction of sp³-hybridized carbons (Fsp3) is 0.444. The van der Waals surface area contributed by atoms with Crippen LogP contribution in [-0.4, -0.2) is 56.6 Å². The molecule has 0 radical (unpaired) electrons. The van der Waals surface area contributed by atoms with Crippen molar-refractivity contribution >= 4 is 11.9 Å². The van der Waals surface area contributed by atoms with Crippen LogP contribution in [0, 0.1) is 12.8 Å². The molecule has 0 unspecified atom stereocenters. The van der Waals surface area contributed by atoms with E-state index in [0.29, 0.717) is 24.5 Å². The summed E-state index contributed by atoms with van der Waals surface area (Å²) in [4.78, 5) is 25.4. The van der Waals surface area contributed by atoms with Crippen LogP contribution in [0.2, 0.25) is 0 Å². The Hall–Kier alpha value is -2.90. The summed E-state index contributed by atoms with van der Waals surface area (Å²) >= 11 is 0. The Kier molecular flexibility index (Phi) is 5.20. The highest BCUT2D eigenvalue weighted by Gasteiger charge is 2.38. The first kappa shape index (κ1) is 17.9. The molecule has 1 amide bonds. The second kappa shape index (κ2) is 7.55. The third kappa shape index (κ3) is 4.19. The average Bonchev–Trinajstić information content (AvgIpc) is 3.18. The Morgan fingerprint density at radius 2 is 2.15 bits per heavy atom. The third-order valence-corrected chi connectivity index (χ3v) is 4.58. The molecule has 0 aliphatic carbocycles. The smallest absolute Gasteiger partial charge is 0.303 e. The molecule has 8 nitrogen and oxygen atoms in total. The summed E-state index contributed by atoms with van der Waals surface area (Å²) in [5.74, 6) is -0.720. The summed E-state index contributed by atoms with van der Waals surface area (Å²) in [5, 5.41) is 17.2. The van der Waals surface area contributed by atoms with Crippen LogP contribution in [-0.2, 0) is 16.6 Å². The summed E-state index contributed by atoms with van der Waals surface area (Å²) in [7, 11) is 1.76. The Bertz CT molecular complexity index is 804. The molecule has 1 N–H and O–H groups in total. The second-order valence-corrected chi connectivity index (χ2v) is 6.69. The van der Waals surface area contributed by atoms with Gasteiger partial charge in [-0.1, -0.05) is 17.3 Å². The molecular formula is C18H22N4O4. The molecule has 0 spiro atoms. The van der Waals surface area contributed by atoms with Gasteiger partial charge in [-0.25, -0.2) is 0 Å². The van der Waals surface area contributed by atoms with Crippen molar-refractivity contribution in [2.24, 2.45) is 13.0 Å². The first-order chi connectivity index (χ1) is 12.4. The standard InChI is InChI=1S/C18H22N4O4/c1-12-4-3-5-14(6-12)26-11-17(23)22-8-13(7-18(24)25)15(9-22)16-10-21(2)20-19-16/h3-6,10,13,15H,7-9,11H2,1-2H3,(H,24,25)/t13-,15+/m0/s1. The lowest BCUT2D eigenvalue weighted by Gasteiger charge is -2.16. The topological polar surface area (TPSA) is 97.6 Å². The van der Waals surface area contributed by atoms with E-state index in [1.165, 1.54) is 0 Å². The number of ether oxygens (including phenoxy) is 1. The minimum atomic E-state index is -0.880. The highest BCUT2D eigenvalue weighted by atomic mass is 16.5. The SMILES string of the molecule is Cc1cccc(OCC(=O)N2C[C@H](CC(=O)O)[C@H](c3cn(C)nn3)C2)c1. The molecule has 1 aromatic heterocycles. The van der Waals surface area contributed by atoms with Crippen LogP contribution >= 0.6 is 0 Å². The van der Waals surface area contributed by atoms with Crippen LogP contribution in [0.1, 0.15) is 23.6 Å². The van der Waals surface area contributed by atoms with Gasteiger partial charge in [0.25, 0.3) is 5.91 Å². The number of rotatable bonds is 6. The Morgan fingerprint density at radius 3 is 2.81 bits per heavy atom. The minimum absolute atomic E-state index is 0.0102. The number of benzene rings is 1. The number of aromatic nitrogens is 3. The van der Waals surface area contributed by atoms with Crippen LogP contribution < -0.4 is 4.74 Å². The predicted octanol–water partition coefficient (Wildman–Crippen LogP) is 1.22. The van der Waals surface area contributed by atoms with Crippen LogP contribution in [0.4, 0.5) is 0 Å². The van der Waals surface area contributed by atoms with Gasteiger partial charge in [-0.15, -0.1) is 5.10 Å². The normalized spacial score (nSPS) is 19.5. The number of likely N-dealkylation sites (tertiary alicyclic amines) is 1. The van der Waals surface area contributed by atoms with E-state index in [2.05, 4.69) is 10.3 Å². The Morgan fingerprint density at radius 1 is 1.35 bits per heavy atom. The Balaban J connectivity index is 1.66. The molecule has 1 fully saturated rings. The summed E-state index contributed by atoms with van der Waals surface area (Å²) in [6.07, 6.45) is 1.76. The van der Waals surface area contributed by atoms with Gasteiger partial charge in [-0.3, -0.25) is 14.3 Å². The number of carboxylic acids is 1. The van der Waals surface area contributed by atoms with E-state index < -0.39 is 5.97 Å². The number of aryl methyl sites for hydroxylation is 2. The van der Waals surface area contributed by atoms with Crippen LogP contribution in [0.15, 0.2) is 30.5 Å². The maximum atomic E-state index is 12.5. The minimum Gasteiger partial charge on any atom is -0.484 e. The maximum absolute atomic E-state index is 12.5. The molecule has 1 aromatic carbocycles. The van der Waals surface area contributed by atoms with Gasteiger partial charge in [0.1, 0.15) is 5.75 Å². The fourth-order valence-corrected chi connectivity index (χ4v) is 3.32. The first-order valence-electron chi connectivity index (χ1n) is 8.47. The third-order valence-electron chi connectivity index (χ3n) is 4.58. The number of amides is 1. The van der Waals surface area contributed by atoms with Crippen molar-refractivity contribution in [1.82, 2.24) is 19.9 Å². The highest BCUT2D eigenvalue weighted by molar-refractivity contribution is 5.78. The van der Waals surface area contributed by atoms with Crippen LogP contribution in [0.25, 0.3) is 0 Å². The van der Waals surface area contributed by atoms with Gasteiger partial charge in [-0.05, 0) is 30.5 Å². The summed E-state index contributed by atoms with van der Waals surface area (Å²) < 4.78 is 7.16. The van der Waals surface area contributed by atoms with Crippen LogP contribution in [0.3, 0.4) is 0 Å². The number of carbonyl (C=O) groups is 2. The van der Waals surface area contributed by atoms with Gasteiger partial charge >= 0.3 is 5.97 Å². The fourth-order valence-electron chi connectivity index (χ4n) is 3.32. The van der Waals surface area contributed by atoms with E-state index in [4.69, 9.17) is 4.74 Å². The zero-order chi connectivity index (χ0) is 18.7. The molecule has 2 atom stereocenters. The van der Waals surface area contributed by atoms with Gasteiger partial charge < -0.3 is 14.7 Å².